The summed E-state index contributed by atoms with van der Waals surface area (Å²) < 4.78 is 10.7. The van der Waals surface area contributed by atoms with Gasteiger partial charge in [-0.25, -0.2) is 0 Å². The highest BCUT2D eigenvalue weighted by Gasteiger charge is 2.29. The molecule has 24 heavy (non-hydrogen) atoms. The Balaban J connectivity index is 1.52. The molecule has 0 spiro atoms. The topological polar surface area (TPSA) is 42.0 Å². The van der Waals surface area contributed by atoms with Gasteiger partial charge in [0, 0.05) is 44.9 Å². The van der Waals surface area contributed by atoms with Crippen LogP contribution in [-0.2, 0) is 4.74 Å². The normalized spacial score (nSPS) is 21.0. The van der Waals surface area contributed by atoms with Gasteiger partial charge in [0.1, 0.15) is 5.75 Å². The number of benzene rings is 1. The van der Waals surface area contributed by atoms with Crippen molar-refractivity contribution in [3.63, 3.8) is 0 Å². The molecule has 0 aliphatic carbocycles. The molecule has 0 unspecified atom stereocenters. The van der Waals surface area contributed by atoms with Gasteiger partial charge in [-0.2, -0.15) is 0 Å². The zero-order valence-electron chi connectivity index (χ0n) is 14.7. The van der Waals surface area contributed by atoms with Gasteiger partial charge < -0.3 is 19.3 Å². The number of nitrogens with zero attached hydrogens (tertiary/aromatic N) is 2. The molecule has 0 radical (unpaired) electrons. The average molecular weight is 332 g/mol. The van der Waals surface area contributed by atoms with Crippen molar-refractivity contribution in [3.8, 4) is 5.75 Å². The smallest absolute Gasteiger partial charge is 0.253 e. The van der Waals surface area contributed by atoms with Crippen LogP contribution in [-0.4, -0.2) is 68.3 Å². The fourth-order valence-electron chi connectivity index (χ4n) is 3.85. The average Bonchev–Trinajstić information content (AvgIpc) is 2.67. The Kier molecular flexibility index (Phi) is 5.74. The van der Waals surface area contributed by atoms with E-state index in [1.54, 1.807) is 7.11 Å². The maximum absolute atomic E-state index is 12.7. The number of ether oxygens (including phenoxy) is 2. The molecule has 5 nitrogen and oxygen atoms in total. The van der Waals surface area contributed by atoms with Crippen molar-refractivity contribution in [2.45, 2.75) is 37.8 Å². The molecule has 2 heterocycles. The molecule has 1 amide bonds. The molecule has 0 atom stereocenters. The third-order valence-corrected chi connectivity index (χ3v) is 5.39. The number of rotatable bonds is 4. The molecule has 0 saturated carbocycles. The van der Waals surface area contributed by atoms with Crippen LogP contribution in [0.5, 0.6) is 5.75 Å². The summed E-state index contributed by atoms with van der Waals surface area (Å²) in [6.07, 6.45) is 4.80. The second kappa shape index (κ2) is 7.99. The lowest BCUT2D eigenvalue weighted by molar-refractivity contribution is 0.0145. The molecule has 2 saturated heterocycles. The first-order valence-corrected chi connectivity index (χ1v) is 8.91. The number of hydrogen-bond acceptors (Lipinski definition) is 4. The molecular weight excluding hydrogens is 304 g/mol. The Morgan fingerprint density at radius 3 is 2.38 bits per heavy atom. The number of methoxy groups -OCH3 is 2. The highest BCUT2D eigenvalue weighted by Crippen LogP contribution is 2.23. The van der Waals surface area contributed by atoms with E-state index in [9.17, 15) is 4.79 Å². The van der Waals surface area contributed by atoms with Crippen LogP contribution in [0, 0.1) is 0 Å². The summed E-state index contributed by atoms with van der Waals surface area (Å²) in [5.74, 6) is 0.849. The van der Waals surface area contributed by atoms with Crippen LogP contribution in [0.3, 0.4) is 0 Å². The minimum atomic E-state index is 0.116. The Bertz CT molecular complexity index is 547. The largest absolute Gasteiger partial charge is 0.497 e. The van der Waals surface area contributed by atoms with Gasteiger partial charge in [0.2, 0.25) is 0 Å². The van der Waals surface area contributed by atoms with Gasteiger partial charge in [-0.1, -0.05) is 6.07 Å². The molecule has 132 valence electrons. The summed E-state index contributed by atoms with van der Waals surface area (Å²) >= 11 is 0. The summed E-state index contributed by atoms with van der Waals surface area (Å²) in [5, 5.41) is 0. The zero-order valence-corrected chi connectivity index (χ0v) is 14.7. The lowest BCUT2D eigenvalue weighted by atomic mass is 9.98. The Morgan fingerprint density at radius 2 is 1.75 bits per heavy atom. The van der Waals surface area contributed by atoms with E-state index in [2.05, 4.69) is 4.90 Å². The molecule has 0 N–H and O–H groups in total. The van der Waals surface area contributed by atoms with Gasteiger partial charge in [-0.05, 0) is 43.9 Å². The summed E-state index contributed by atoms with van der Waals surface area (Å²) in [7, 11) is 3.44. The molecule has 2 aliphatic heterocycles. The molecule has 0 bridgehead atoms. The highest BCUT2D eigenvalue weighted by molar-refractivity contribution is 5.94. The molecule has 2 fully saturated rings. The monoisotopic (exact) mass is 332 g/mol. The van der Waals surface area contributed by atoms with Gasteiger partial charge >= 0.3 is 0 Å². The van der Waals surface area contributed by atoms with E-state index in [0.29, 0.717) is 17.7 Å². The van der Waals surface area contributed by atoms with Gasteiger partial charge in [-0.3, -0.25) is 4.79 Å². The van der Waals surface area contributed by atoms with Crippen molar-refractivity contribution in [1.29, 1.82) is 0 Å². The first-order valence-electron chi connectivity index (χ1n) is 8.91. The van der Waals surface area contributed by atoms with Crippen molar-refractivity contribution in [3.05, 3.63) is 29.8 Å². The number of carbonyl (C=O) groups is 1. The molecule has 3 rings (SSSR count). The molecule has 2 aliphatic rings. The number of hydrogen-bond donors (Lipinski definition) is 0. The number of amides is 1. The van der Waals surface area contributed by atoms with E-state index < -0.39 is 0 Å². The van der Waals surface area contributed by atoms with Crippen LogP contribution in [0.2, 0.25) is 0 Å². The quantitative estimate of drug-likeness (QED) is 0.849. The molecule has 1 aromatic carbocycles. The van der Waals surface area contributed by atoms with E-state index in [0.717, 1.165) is 57.6 Å². The molecule has 5 heteroatoms. The minimum absolute atomic E-state index is 0.116. The van der Waals surface area contributed by atoms with E-state index in [-0.39, 0.29) is 5.91 Å². The Hall–Kier alpha value is -1.59. The predicted molar refractivity (Wildman–Crippen MR) is 93.5 cm³/mol. The Morgan fingerprint density at radius 1 is 1.04 bits per heavy atom. The van der Waals surface area contributed by atoms with Crippen molar-refractivity contribution in [2.24, 2.45) is 0 Å². The molecule has 0 aromatic heterocycles. The highest BCUT2D eigenvalue weighted by atomic mass is 16.5. The summed E-state index contributed by atoms with van der Waals surface area (Å²) in [6, 6.07) is 8.04. The maximum Gasteiger partial charge on any atom is 0.253 e. The van der Waals surface area contributed by atoms with Crippen LogP contribution in [0.1, 0.15) is 36.0 Å². The number of piperidine rings is 2. The van der Waals surface area contributed by atoms with Crippen LogP contribution in [0.25, 0.3) is 0 Å². The van der Waals surface area contributed by atoms with E-state index in [1.165, 1.54) is 0 Å². The second-order valence-electron chi connectivity index (χ2n) is 6.73. The first-order chi connectivity index (χ1) is 11.7. The number of likely N-dealkylation sites (tertiary alicyclic amines) is 2. The summed E-state index contributed by atoms with van der Waals surface area (Å²) in [4.78, 5) is 17.2. The summed E-state index contributed by atoms with van der Waals surface area (Å²) in [6.45, 7) is 3.91. The van der Waals surface area contributed by atoms with Crippen LogP contribution < -0.4 is 4.74 Å². The first kappa shape index (κ1) is 17.2. The predicted octanol–water partition coefficient (Wildman–Crippen LogP) is 2.41. The van der Waals surface area contributed by atoms with E-state index in [4.69, 9.17) is 9.47 Å². The second-order valence-corrected chi connectivity index (χ2v) is 6.73. The van der Waals surface area contributed by atoms with Crippen molar-refractivity contribution >= 4 is 5.91 Å². The van der Waals surface area contributed by atoms with Crippen LogP contribution in [0.4, 0.5) is 0 Å². The van der Waals surface area contributed by atoms with E-state index >= 15 is 0 Å². The third-order valence-electron chi connectivity index (χ3n) is 5.39. The fourth-order valence-corrected chi connectivity index (χ4v) is 3.85. The van der Waals surface area contributed by atoms with Gasteiger partial charge in [0.05, 0.1) is 13.2 Å². The number of carbonyl (C=O) groups excluding carboxylic acids is 1. The lowest BCUT2D eigenvalue weighted by Crippen LogP contribution is -2.49. The SMILES string of the molecule is COc1cccc(C(=O)N2CCC(N3CCC(OC)CC3)CC2)c1. The third kappa shape index (κ3) is 3.90. The van der Waals surface area contributed by atoms with Crippen molar-refractivity contribution < 1.29 is 14.3 Å². The van der Waals surface area contributed by atoms with E-state index in [1.807, 2.05) is 36.3 Å². The van der Waals surface area contributed by atoms with Gasteiger partial charge in [-0.15, -0.1) is 0 Å². The van der Waals surface area contributed by atoms with Gasteiger partial charge in [0.25, 0.3) is 5.91 Å². The standard InChI is InChI=1S/C19H28N2O3/c1-23-17-8-12-20(13-9-17)16-6-10-21(11-7-16)19(22)15-4-3-5-18(14-15)24-2/h3-5,14,16-17H,6-13H2,1-2H3. The van der Waals surface area contributed by atoms with Crippen LogP contribution >= 0.6 is 0 Å². The van der Waals surface area contributed by atoms with Crippen LogP contribution in [0.15, 0.2) is 24.3 Å². The van der Waals surface area contributed by atoms with Crippen molar-refractivity contribution in [2.75, 3.05) is 40.4 Å². The summed E-state index contributed by atoms with van der Waals surface area (Å²) in [5.41, 5.74) is 0.716. The van der Waals surface area contributed by atoms with Crippen molar-refractivity contribution in [1.82, 2.24) is 9.80 Å². The fraction of sp³-hybridized carbons (Fsp3) is 0.632. The Labute approximate surface area is 144 Å². The van der Waals surface area contributed by atoms with Gasteiger partial charge in [0.15, 0.2) is 0 Å². The molecular formula is C19H28N2O3. The zero-order chi connectivity index (χ0) is 16.9. The maximum atomic E-state index is 12.7. The lowest BCUT2D eigenvalue weighted by Gasteiger charge is -2.41. The minimum Gasteiger partial charge on any atom is -0.497 e. The molecule has 1 aromatic rings.